The summed E-state index contributed by atoms with van der Waals surface area (Å²) in [6.07, 6.45) is 1.96. The molecule has 5 nitrogen and oxygen atoms in total. The normalized spacial score (nSPS) is 16.6. The highest BCUT2D eigenvalue weighted by Crippen LogP contribution is 2.22. The molecule has 1 aliphatic heterocycles. The quantitative estimate of drug-likeness (QED) is 0.913. The van der Waals surface area contributed by atoms with E-state index in [1.165, 1.54) is 0 Å². The van der Waals surface area contributed by atoms with Crippen molar-refractivity contribution in [2.75, 3.05) is 18.4 Å². The van der Waals surface area contributed by atoms with Crippen LogP contribution in [0.5, 0.6) is 0 Å². The molecule has 0 radical (unpaired) electrons. The second-order valence-corrected chi connectivity index (χ2v) is 5.34. The van der Waals surface area contributed by atoms with Gasteiger partial charge in [0.2, 0.25) is 5.91 Å². The summed E-state index contributed by atoms with van der Waals surface area (Å²) < 4.78 is 5.54. The lowest BCUT2D eigenvalue weighted by Crippen LogP contribution is -2.41. The zero-order chi connectivity index (χ0) is 14.1. The summed E-state index contributed by atoms with van der Waals surface area (Å²) in [4.78, 5) is 17.5. The highest BCUT2D eigenvalue weighted by Gasteiger charge is 2.20. The fourth-order valence-corrected chi connectivity index (χ4v) is 2.70. The van der Waals surface area contributed by atoms with Crippen LogP contribution >= 0.6 is 0 Å². The lowest BCUT2D eigenvalue weighted by atomic mass is 10.0. The zero-order valence-electron chi connectivity index (χ0n) is 11.8. The van der Waals surface area contributed by atoms with Crippen molar-refractivity contribution in [2.45, 2.75) is 32.7 Å². The van der Waals surface area contributed by atoms with Gasteiger partial charge in [-0.3, -0.25) is 4.79 Å². The Morgan fingerprint density at radius 2 is 2.15 bits per heavy atom. The van der Waals surface area contributed by atoms with Gasteiger partial charge in [-0.25, -0.2) is 4.98 Å². The van der Waals surface area contributed by atoms with Gasteiger partial charge < -0.3 is 14.6 Å². The van der Waals surface area contributed by atoms with E-state index < -0.39 is 0 Å². The fourth-order valence-electron chi connectivity index (χ4n) is 2.70. The first-order valence-electron chi connectivity index (χ1n) is 7.01. The molecule has 0 bridgehead atoms. The average molecular weight is 273 g/mol. The van der Waals surface area contributed by atoms with Gasteiger partial charge in [0.1, 0.15) is 5.52 Å². The number of nitrogens with zero attached hydrogens (tertiary/aromatic N) is 2. The Kier molecular flexibility index (Phi) is 3.34. The minimum atomic E-state index is 0.169. The first-order chi connectivity index (χ1) is 9.61. The molecule has 2 heterocycles. The molecule has 0 unspecified atom stereocenters. The molecule has 0 spiro atoms. The highest BCUT2D eigenvalue weighted by atomic mass is 16.3. The minimum Gasteiger partial charge on any atom is -0.441 e. The molecule has 0 aliphatic carbocycles. The standard InChI is InChI=1S/C15H19N3O2/c1-10-16-14-4-3-13(9-15(14)20-10)17-12-5-7-18(8-6-12)11(2)19/h3-4,9,12,17H,5-8H2,1-2H3. The van der Waals surface area contributed by atoms with Crippen molar-refractivity contribution >= 4 is 22.7 Å². The first-order valence-corrected chi connectivity index (χ1v) is 7.01. The Hall–Kier alpha value is -2.04. The Labute approximate surface area is 118 Å². The number of carbonyl (C=O) groups is 1. The van der Waals surface area contributed by atoms with Gasteiger partial charge >= 0.3 is 0 Å². The van der Waals surface area contributed by atoms with Crippen LogP contribution < -0.4 is 5.32 Å². The molecule has 1 aliphatic rings. The molecular weight excluding hydrogens is 254 g/mol. The maximum Gasteiger partial charge on any atom is 0.219 e. The van der Waals surface area contributed by atoms with Crippen LogP contribution in [0, 0.1) is 6.92 Å². The van der Waals surface area contributed by atoms with E-state index in [2.05, 4.69) is 10.3 Å². The van der Waals surface area contributed by atoms with E-state index in [0.29, 0.717) is 11.9 Å². The summed E-state index contributed by atoms with van der Waals surface area (Å²) in [5.41, 5.74) is 2.75. The largest absolute Gasteiger partial charge is 0.441 e. The fraction of sp³-hybridized carbons (Fsp3) is 0.467. The van der Waals surface area contributed by atoms with Gasteiger partial charge in [0.15, 0.2) is 11.5 Å². The Morgan fingerprint density at radius 1 is 1.40 bits per heavy atom. The number of hydrogen-bond donors (Lipinski definition) is 1. The predicted molar refractivity (Wildman–Crippen MR) is 77.6 cm³/mol. The number of fused-ring (bicyclic) bond motifs is 1. The first kappa shape index (κ1) is 13.0. The number of likely N-dealkylation sites (tertiary alicyclic amines) is 1. The van der Waals surface area contributed by atoms with Crippen LogP contribution in [0.1, 0.15) is 25.7 Å². The maximum atomic E-state index is 11.3. The smallest absolute Gasteiger partial charge is 0.219 e. The van der Waals surface area contributed by atoms with Crippen molar-refractivity contribution in [3.05, 3.63) is 24.1 Å². The number of carbonyl (C=O) groups excluding carboxylic acids is 1. The summed E-state index contributed by atoms with van der Waals surface area (Å²) in [5, 5.41) is 3.52. The average Bonchev–Trinajstić information content (AvgIpc) is 2.78. The molecule has 106 valence electrons. The minimum absolute atomic E-state index is 0.169. The SMILES string of the molecule is CC(=O)N1CCC(Nc2ccc3nc(C)oc3c2)CC1. The van der Waals surface area contributed by atoms with E-state index in [1.807, 2.05) is 30.0 Å². The summed E-state index contributed by atoms with van der Waals surface area (Å²) >= 11 is 0. The molecule has 1 aromatic heterocycles. The van der Waals surface area contributed by atoms with Crippen molar-refractivity contribution in [1.82, 2.24) is 9.88 Å². The molecule has 1 amide bonds. The van der Waals surface area contributed by atoms with Gasteiger partial charge in [0.25, 0.3) is 0 Å². The number of piperidine rings is 1. The maximum absolute atomic E-state index is 11.3. The summed E-state index contributed by atoms with van der Waals surface area (Å²) in [6, 6.07) is 6.40. The van der Waals surface area contributed by atoms with Gasteiger partial charge in [-0.2, -0.15) is 0 Å². The molecule has 1 fully saturated rings. The third kappa shape index (κ3) is 2.61. The molecule has 2 aromatic rings. The van der Waals surface area contributed by atoms with Gasteiger partial charge in [-0.15, -0.1) is 0 Å². The number of aromatic nitrogens is 1. The van der Waals surface area contributed by atoms with E-state index in [4.69, 9.17) is 4.42 Å². The van der Waals surface area contributed by atoms with Crippen LogP contribution in [0.15, 0.2) is 22.6 Å². The van der Waals surface area contributed by atoms with Crippen LogP contribution in [0.2, 0.25) is 0 Å². The van der Waals surface area contributed by atoms with Crippen molar-refractivity contribution in [2.24, 2.45) is 0 Å². The van der Waals surface area contributed by atoms with Gasteiger partial charge in [-0.05, 0) is 25.0 Å². The van der Waals surface area contributed by atoms with E-state index >= 15 is 0 Å². The molecular formula is C15H19N3O2. The number of anilines is 1. The number of nitrogens with one attached hydrogen (secondary N) is 1. The van der Waals surface area contributed by atoms with E-state index in [9.17, 15) is 4.79 Å². The van der Waals surface area contributed by atoms with E-state index in [0.717, 1.165) is 42.7 Å². The van der Waals surface area contributed by atoms with Crippen LogP contribution in [0.25, 0.3) is 11.1 Å². The summed E-state index contributed by atoms with van der Waals surface area (Å²) in [6.45, 7) is 5.14. The van der Waals surface area contributed by atoms with Crippen molar-refractivity contribution in [3.63, 3.8) is 0 Å². The molecule has 20 heavy (non-hydrogen) atoms. The van der Waals surface area contributed by atoms with Crippen molar-refractivity contribution in [1.29, 1.82) is 0 Å². The zero-order valence-corrected chi connectivity index (χ0v) is 11.8. The van der Waals surface area contributed by atoms with Gasteiger partial charge in [0, 0.05) is 44.7 Å². The summed E-state index contributed by atoms with van der Waals surface area (Å²) in [5.74, 6) is 0.855. The number of oxazole rings is 1. The number of rotatable bonds is 2. The van der Waals surface area contributed by atoms with Crippen LogP contribution in [0.4, 0.5) is 5.69 Å². The van der Waals surface area contributed by atoms with E-state index in [1.54, 1.807) is 6.92 Å². The van der Waals surface area contributed by atoms with Gasteiger partial charge in [-0.1, -0.05) is 0 Å². The number of benzene rings is 1. The topological polar surface area (TPSA) is 58.4 Å². The second-order valence-electron chi connectivity index (χ2n) is 5.34. The predicted octanol–water partition coefficient (Wildman–Crippen LogP) is 2.56. The molecule has 1 aromatic carbocycles. The Bertz CT molecular complexity index is 627. The summed E-state index contributed by atoms with van der Waals surface area (Å²) in [7, 11) is 0. The highest BCUT2D eigenvalue weighted by molar-refractivity contribution is 5.77. The van der Waals surface area contributed by atoms with Crippen molar-refractivity contribution < 1.29 is 9.21 Å². The lowest BCUT2D eigenvalue weighted by Gasteiger charge is -2.32. The second kappa shape index (κ2) is 5.15. The molecule has 3 rings (SSSR count). The number of hydrogen-bond acceptors (Lipinski definition) is 4. The van der Waals surface area contributed by atoms with Crippen LogP contribution in [-0.4, -0.2) is 34.9 Å². The third-order valence-electron chi connectivity index (χ3n) is 3.81. The third-order valence-corrected chi connectivity index (χ3v) is 3.81. The Morgan fingerprint density at radius 3 is 2.85 bits per heavy atom. The van der Waals surface area contributed by atoms with Gasteiger partial charge in [0.05, 0.1) is 0 Å². The Balaban J connectivity index is 1.66. The van der Waals surface area contributed by atoms with Crippen molar-refractivity contribution in [3.8, 4) is 0 Å². The molecule has 5 heteroatoms. The van der Waals surface area contributed by atoms with E-state index in [-0.39, 0.29) is 5.91 Å². The molecule has 0 saturated carbocycles. The molecule has 1 saturated heterocycles. The molecule has 1 N–H and O–H groups in total. The van der Waals surface area contributed by atoms with Crippen LogP contribution in [0.3, 0.4) is 0 Å². The lowest BCUT2D eigenvalue weighted by molar-refractivity contribution is -0.129. The number of amides is 1. The monoisotopic (exact) mass is 273 g/mol. The number of aryl methyl sites for hydroxylation is 1. The van der Waals surface area contributed by atoms with Crippen LogP contribution in [-0.2, 0) is 4.79 Å². The molecule has 0 atom stereocenters.